The number of rotatable bonds is 8. The number of allylic oxidation sites excluding steroid dienone is 2. The number of aromatic nitrogens is 1. The Labute approximate surface area is 203 Å². The van der Waals surface area contributed by atoms with Gasteiger partial charge in [0.15, 0.2) is 0 Å². The van der Waals surface area contributed by atoms with Crippen molar-refractivity contribution < 1.29 is 18.0 Å². The number of hydrogen-bond donors (Lipinski definition) is 2. The fourth-order valence-electron chi connectivity index (χ4n) is 4.27. The van der Waals surface area contributed by atoms with Crippen molar-refractivity contribution in [2.75, 3.05) is 11.9 Å². The molecular weight excluding hydrogens is 451 g/mol. The lowest BCUT2D eigenvalue weighted by atomic mass is 9.99. The van der Waals surface area contributed by atoms with Crippen molar-refractivity contribution in [3.63, 3.8) is 0 Å². The van der Waals surface area contributed by atoms with E-state index in [0.717, 1.165) is 41.7 Å². The molecule has 1 amide bonds. The zero-order chi connectivity index (χ0) is 24.8. The van der Waals surface area contributed by atoms with Crippen molar-refractivity contribution in [2.45, 2.75) is 38.5 Å². The molecule has 0 spiro atoms. The third kappa shape index (κ3) is 6.04. The molecule has 0 bridgehead atoms. The lowest BCUT2D eigenvalue weighted by Crippen LogP contribution is -2.36. The Morgan fingerprint density at radius 3 is 2.43 bits per heavy atom. The fourth-order valence-corrected chi connectivity index (χ4v) is 4.27. The van der Waals surface area contributed by atoms with Crippen LogP contribution in [0.3, 0.4) is 0 Å². The molecule has 1 heterocycles. The molecule has 7 heteroatoms. The number of halogens is 3. The summed E-state index contributed by atoms with van der Waals surface area (Å²) in [6, 6.07) is 20.9. The van der Waals surface area contributed by atoms with Gasteiger partial charge >= 0.3 is 6.18 Å². The van der Waals surface area contributed by atoms with Gasteiger partial charge in [-0.1, -0.05) is 66.8 Å². The smallest absolute Gasteiger partial charge is 0.385 e. The molecule has 1 aliphatic carbocycles. The van der Waals surface area contributed by atoms with Gasteiger partial charge in [0, 0.05) is 42.2 Å². The van der Waals surface area contributed by atoms with Gasteiger partial charge in [0.2, 0.25) is 0 Å². The SMILES string of the molecule is Cc1c(C(=O)NC2C=CC=C(C(F)(F)F)C2)cc(-c2ccccc2)n1CCCNc1ccccc1. The predicted octanol–water partition coefficient (Wildman–Crippen LogP) is 6.51. The van der Waals surface area contributed by atoms with Crippen LogP contribution in [0.2, 0.25) is 0 Å². The van der Waals surface area contributed by atoms with Crippen LogP contribution < -0.4 is 10.6 Å². The zero-order valence-corrected chi connectivity index (χ0v) is 19.5. The molecule has 3 aromatic rings. The van der Waals surface area contributed by atoms with E-state index >= 15 is 0 Å². The number of carbonyl (C=O) groups is 1. The minimum absolute atomic E-state index is 0.276. The van der Waals surface area contributed by atoms with E-state index in [-0.39, 0.29) is 12.3 Å². The maximum atomic E-state index is 13.1. The molecule has 0 fully saturated rings. The molecule has 0 saturated carbocycles. The van der Waals surface area contributed by atoms with Crippen LogP contribution >= 0.6 is 0 Å². The van der Waals surface area contributed by atoms with E-state index in [2.05, 4.69) is 15.2 Å². The monoisotopic (exact) mass is 479 g/mol. The van der Waals surface area contributed by atoms with Gasteiger partial charge in [-0.15, -0.1) is 0 Å². The van der Waals surface area contributed by atoms with E-state index in [1.54, 1.807) is 6.08 Å². The zero-order valence-electron chi connectivity index (χ0n) is 19.5. The van der Waals surface area contributed by atoms with E-state index < -0.39 is 17.8 Å². The second-order valence-corrected chi connectivity index (χ2v) is 8.55. The minimum atomic E-state index is -4.40. The van der Waals surface area contributed by atoms with Gasteiger partial charge in [-0.05, 0) is 37.1 Å². The molecule has 1 aliphatic rings. The van der Waals surface area contributed by atoms with Gasteiger partial charge in [-0.2, -0.15) is 13.2 Å². The van der Waals surface area contributed by atoms with Crippen molar-refractivity contribution in [1.29, 1.82) is 0 Å². The Morgan fingerprint density at radius 2 is 1.74 bits per heavy atom. The normalized spacial score (nSPS) is 15.5. The van der Waals surface area contributed by atoms with Crippen LogP contribution in [0.4, 0.5) is 18.9 Å². The number of anilines is 1. The molecule has 1 unspecified atom stereocenters. The van der Waals surface area contributed by atoms with E-state index in [1.807, 2.05) is 73.7 Å². The summed E-state index contributed by atoms with van der Waals surface area (Å²) in [6.07, 6.45) is 0.151. The maximum absolute atomic E-state index is 13.1. The first kappa shape index (κ1) is 24.4. The molecule has 0 radical (unpaired) electrons. The summed E-state index contributed by atoms with van der Waals surface area (Å²) < 4.78 is 41.5. The van der Waals surface area contributed by atoms with Crippen molar-refractivity contribution in [3.8, 4) is 11.3 Å². The summed E-state index contributed by atoms with van der Waals surface area (Å²) in [4.78, 5) is 13.1. The first-order chi connectivity index (χ1) is 16.8. The Morgan fingerprint density at radius 1 is 1.06 bits per heavy atom. The number of amides is 1. The van der Waals surface area contributed by atoms with Crippen LogP contribution in [-0.2, 0) is 6.54 Å². The van der Waals surface area contributed by atoms with Crippen molar-refractivity contribution >= 4 is 11.6 Å². The highest BCUT2D eigenvalue weighted by Crippen LogP contribution is 2.32. The fraction of sp³-hybridized carbons (Fsp3) is 0.250. The third-order valence-corrected chi connectivity index (χ3v) is 6.10. The van der Waals surface area contributed by atoms with Crippen LogP contribution in [-0.4, -0.2) is 29.2 Å². The average Bonchev–Trinajstić information content (AvgIpc) is 3.19. The van der Waals surface area contributed by atoms with Crippen molar-refractivity contribution in [1.82, 2.24) is 9.88 Å². The van der Waals surface area contributed by atoms with Gasteiger partial charge in [0.25, 0.3) is 5.91 Å². The minimum Gasteiger partial charge on any atom is -0.385 e. The molecule has 4 rings (SSSR count). The molecule has 1 atom stereocenters. The molecule has 35 heavy (non-hydrogen) atoms. The van der Waals surface area contributed by atoms with Gasteiger partial charge in [0.05, 0.1) is 11.6 Å². The molecule has 0 saturated heterocycles. The van der Waals surface area contributed by atoms with Crippen LogP contribution in [0.1, 0.15) is 28.9 Å². The number of nitrogens with zero attached hydrogens (tertiary/aromatic N) is 1. The number of carbonyl (C=O) groups excluding carboxylic acids is 1. The number of para-hydroxylation sites is 1. The van der Waals surface area contributed by atoms with Gasteiger partial charge in [-0.25, -0.2) is 0 Å². The summed E-state index contributed by atoms with van der Waals surface area (Å²) in [5, 5.41) is 6.16. The summed E-state index contributed by atoms with van der Waals surface area (Å²) >= 11 is 0. The maximum Gasteiger partial charge on any atom is 0.412 e. The summed E-state index contributed by atoms with van der Waals surface area (Å²) in [7, 11) is 0. The van der Waals surface area contributed by atoms with Crippen LogP contribution in [0, 0.1) is 6.92 Å². The van der Waals surface area contributed by atoms with Crippen molar-refractivity contribution in [2.24, 2.45) is 0 Å². The van der Waals surface area contributed by atoms with Gasteiger partial charge in [-0.3, -0.25) is 4.79 Å². The van der Waals surface area contributed by atoms with Crippen LogP contribution in [0.25, 0.3) is 11.3 Å². The highest BCUT2D eigenvalue weighted by Gasteiger charge is 2.35. The van der Waals surface area contributed by atoms with Crippen molar-refractivity contribution in [3.05, 3.63) is 102 Å². The highest BCUT2D eigenvalue weighted by atomic mass is 19.4. The molecular formula is C28H28F3N3O. The van der Waals surface area contributed by atoms with E-state index in [1.165, 1.54) is 6.08 Å². The second-order valence-electron chi connectivity index (χ2n) is 8.55. The molecule has 1 aromatic heterocycles. The third-order valence-electron chi connectivity index (χ3n) is 6.10. The number of nitrogens with one attached hydrogen (secondary N) is 2. The molecule has 2 N–H and O–H groups in total. The quantitative estimate of drug-likeness (QED) is 0.362. The topological polar surface area (TPSA) is 46.1 Å². The number of benzene rings is 2. The van der Waals surface area contributed by atoms with E-state index in [0.29, 0.717) is 12.1 Å². The van der Waals surface area contributed by atoms with Gasteiger partial charge in [0.1, 0.15) is 0 Å². The molecule has 4 nitrogen and oxygen atoms in total. The second kappa shape index (κ2) is 10.7. The lowest BCUT2D eigenvalue weighted by molar-refractivity contribution is -0.0945. The van der Waals surface area contributed by atoms with Crippen LogP contribution in [0.5, 0.6) is 0 Å². The van der Waals surface area contributed by atoms with E-state index in [4.69, 9.17) is 0 Å². The van der Waals surface area contributed by atoms with Crippen LogP contribution in [0.15, 0.2) is 90.5 Å². The lowest BCUT2D eigenvalue weighted by Gasteiger charge is -2.21. The Bertz CT molecular complexity index is 1210. The average molecular weight is 480 g/mol. The summed E-state index contributed by atoms with van der Waals surface area (Å²) in [5.74, 6) is -0.376. The van der Waals surface area contributed by atoms with Gasteiger partial charge < -0.3 is 15.2 Å². The number of alkyl halides is 3. The Hall–Kier alpha value is -3.74. The van der Waals surface area contributed by atoms with E-state index in [9.17, 15) is 18.0 Å². The highest BCUT2D eigenvalue weighted by molar-refractivity contribution is 5.97. The largest absolute Gasteiger partial charge is 0.412 e. The standard InChI is InChI=1S/C28H28F3N3O/c1-20-25(27(35)33-24-15-8-12-22(18-24)28(29,30)31)19-26(21-10-4-2-5-11-21)34(20)17-9-16-32-23-13-6-3-7-14-23/h2-8,10-15,19,24,32H,9,16-18H2,1H3,(H,33,35). The Balaban J connectivity index is 1.50. The Kier molecular flexibility index (Phi) is 7.44. The number of hydrogen-bond acceptors (Lipinski definition) is 2. The predicted molar refractivity (Wildman–Crippen MR) is 133 cm³/mol. The first-order valence-corrected chi connectivity index (χ1v) is 11.6. The summed E-state index contributed by atoms with van der Waals surface area (Å²) in [5.41, 5.74) is 3.54. The molecule has 182 valence electrons. The summed E-state index contributed by atoms with van der Waals surface area (Å²) in [6.45, 7) is 3.33. The first-order valence-electron chi connectivity index (χ1n) is 11.6. The molecule has 2 aromatic carbocycles. The molecule has 0 aliphatic heterocycles.